The molecule has 1 atom stereocenters. The fourth-order valence-corrected chi connectivity index (χ4v) is 3.07. The molecule has 0 heterocycles. The van der Waals surface area contributed by atoms with Gasteiger partial charge in [-0.05, 0) is 37.5 Å². The van der Waals surface area contributed by atoms with Crippen LogP contribution in [0.3, 0.4) is 0 Å². The Kier molecular flexibility index (Phi) is 5.47. The van der Waals surface area contributed by atoms with Gasteiger partial charge in [0.1, 0.15) is 5.75 Å². The van der Waals surface area contributed by atoms with Crippen LogP contribution in [0.1, 0.15) is 24.5 Å². The second-order valence-corrected chi connectivity index (χ2v) is 7.38. The summed E-state index contributed by atoms with van der Waals surface area (Å²) in [6, 6.07) is 5.96. The highest BCUT2D eigenvalue weighted by atomic mass is 35.7. The number of benzene rings is 1. The van der Waals surface area contributed by atoms with E-state index in [-0.39, 0.29) is 11.7 Å². The van der Waals surface area contributed by atoms with Gasteiger partial charge in [0.15, 0.2) is 0 Å². The minimum absolute atomic E-state index is 0.0457. The third-order valence-corrected chi connectivity index (χ3v) is 4.08. The van der Waals surface area contributed by atoms with Crippen LogP contribution in [0, 0.1) is 19.8 Å². The zero-order valence-electron chi connectivity index (χ0n) is 10.9. The minimum Gasteiger partial charge on any atom is -0.493 e. The SMILES string of the molecule is CCC(COc1cc(C)ccc1C)CS(=O)(=O)Cl. The van der Waals surface area contributed by atoms with Crippen molar-refractivity contribution in [3.05, 3.63) is 29.3 Å². The zero-order chi connectivity index (χ0) is 13.8. The third kappa shape index (κ3) is 5.27. The predicted molar refractivity (Wildman–Crippen MR) is 74.8 cm³/mol. The molecule has 102 valence electrons. The van der Waals surface area contributed by atoms with E-state index in [0.29, 0.717) is 6.61 Å². The lowest BCUT2D eigenvalue weighted by Gasteiger charge is -2.16. The van der Waals surface area contributed by atoms with Gasteiger partial charge in [0, 0.05) is 16.6 Å². The maximum atomic E-state index is 11.0. The number of hydrogen-bond donors (Lipinski definition) is 0. The smallest absolute Gasteiger partial charge is 0.232 e. The first-order chi connectivity index (χ1) is 8.31. The van der Waals surface area contributed by atoms with Crippen LogP contribution in [-0.2, 0) is 9.05 Å². The van der Waals surface area contributed by atoms with Gasteiger partial charge in [-0.15, -0.1) is 0 Å². The zero-order valence-corrected chi connectivity index (χ0v) is 12.5. The van der Waals surface area contributed by atoms with E-state index in [9.17, 15) is 8.42 Å². The Morgan fingerprint density at radius 2 is 2.00 bits per heavy atom. The minimum atomic E-state index is -3.47. The van der Waals surface area contributed by atoms with E-state index < -0.39 is 9.05 Å². The highest BCUT2D eigenvalue weighted by Gasteiger charge is 2.16. The maximum absolute atomic E-state index is 11.0. The maximum Gasteiger partial charge on any atom is 0.232 e. The number of halogens is 1. The van der Waals surface area contributed by atoms with Gasteiger partial charge in [-0.1, -0.05) is 19.1 Å². The Bertz CT molecular complexity index is 497. The normalized spacial score (nSPS) is 13.3. The van der Waals surface area contributed by atoms with Crippen molar-refractivity contribution in [1.29, 1.82) is 0 Å². The summed E-state index contributed by atoms with van der Waals surface area (Å²) in [6.07, 6.45) is 0.719. The largest absolute Gasteiger partial charge is 0.493 e. The Morgan fingerprint density at radius 3 is 2.56 bits per heavy atom. The Labute approximate surface area is 114 Å². The summed E-state index contributed by atoms with van der Waals surface area (Å²) in [6.45, 7) is 6.26. The van der Waals surface area contributed by atoms with Gasteiger partial charge in [-0.3, -0.25) is 0 Å². The van der Waals surface area contributed by atoms with Crippen molar-refractivity contribution in [2.75, 3.05) is 12.4 Å². The average molecular weight is 291 g/mol. The fourth-order valence-electron chi connectivity index (χ4n) is 1.64. The summed E-state index contributed by atoms with van der Waals surface area (Å²) >= 11 is 0. The molecule has 0 aliphatic carbocycles. The molecule has 0 saturated carbocycles. The summed E-state index contributed by atoms with van der Waals surface area (Å²) in [7, 11) is 1.80. The van der Waals surface area contributed by atoms with E-state index in [1.807, 2.05) is 39.0 Å². The number of rotatable bonds is 6. The molecule has 0 aliphatic heterocycles. The lowest BCUT2D eigenvalue weighted by atomic mass is 10.1. The van der Waals surface area contributed by atoms with E-state index in [4.69, 9.17) is 15.4 Å². The summed E-state index contributed by atoms with van der Waals surface area (Å²) in [5.41, 5.74) is 2.16. The molecule has 1 unspecified atom stereocenters. The quantitative estimate of drug-likeness (QED) is 0.755. The summed E-state index contributed by atoms with van der Waals surface area (Å²) in [4.78, 5) is 0. The monoisotopic (exact) mass is 290 g/mol. The van der Waals surface area contributed by atoms with Crippen molar-refractivity contribution in [3.63, 3.8) is 0 Å². The Morgan fingerprint density at radius 1 is 1.33 bits per heavy atom. The van der Waals surface area contributed by atoms with Crippen molar-refractivity contribution < 1.29 is 13.2 Å². The molecule has 0 bridgehead atoms. The van der Waals surface area contributed by atoms with E-state index in [1.165, 1.54) is 0 Å². The highest BCUT2D eigenvalue weighted by molar-refractivity contribution is 8.13. The average Bonchev–Trinajstić information content (AvgIpc) is 2.27. The highest BCUT2D eigenvalue weighted by Crippen LogP contribution is 2.21. The molecule has 5 heteroatoms. The standard InChI is InChI=1S/C13H19ClO3S/c1-4-12(9-18(14,15)16)8-17-13-7-10(2)5-6-11(13)3/h5-7,12H,4,8-9H2,1-3H3. The molecule has 3 nitrogen and oxygen atoms in total. The van der Waals surface area contributed by atoms with Crippen LogP contribution in [0.2, 0.25) is 0 Å². The van der Waals surface area contributed by atoms with Crippen LogP contribution in [-0.4, -0.2) is 20.8 Å². The van der Waals surface area contributed by atoms with Crippen molar-refractivity contribution in [2.24, 2.45) is 5.92 Å². The van der Waals surface area contributed by atoms with Crippen molar-refractivity contribution in [1.82, 2.24) is 0 Å². The van der Waals surface area contributed by atoms with Crippen molar-refractivity contribution in [2.45, 2.75) is 27.2 Å². The molecule has 0 saturated heterocycles. The van der Waals surface area contributed by atoms with Gasteiger partial charge in [0.2, 0.25) is 9.05 Å². The van der Waals surface area contributed by atoms with Gasteiger partial charge in [-0.2, -0.15) is 0 Å². The van der Waals surface area contributed by atoms with Crippen LogP contribution in [0.15, 0.2) is 18.2 Å². The van der Waals surface area contributed by atoms with Gasteiger partial charge in [0.05, 0.1) is 12.4 Å². The van der Waals surface area contributed by atoms with E-state index >= 15 is 0 Å². The van der Waals surface area contributed by atoms with E-state index in [0.717, 1.165) is 23.3 Å². The molecule has 1 aromatic carbocycles. The number of ether oxygens (including phenoxy) is 1. The molecule has 0 spiro atoms. The topological polar surface area (TPSA) is 43.4 Å². The van der Waals surface area contributed by atoms with E-state index in [2.05, 4.69) is 0 Å². The van der Waals surface area contributed by atoms with Crippen molar-refractivity contribution in [3.8, 4) is 5.75 Å². The van der Waals surface area contributed by atoms with Crippen LogP contribution >= 0.6 is 10.7 Å². The predicted octanol–water partition coefficient (Wildman–Crippen LogP) is 3.28. The van der Waals surface area contributed by atoms with Gasteiger partial charge >= 0.3 is 0 Å². The van der Waals surface area contributed by atoms with Crippen molar-refractivity contribution >= 4 is 19.7 Å². The fraction of sp³-hybridized carbons (Fsp3) is 0.538. The van der Waals surface area contributed by atoms with Gasteiger partial charge in [0.25, 0.3) is 0 Å². The molecule has 1 rings (SSSR count). The molecule has 18 heavy (non-hydrogen) atoms. The van der Waals surface area contributed by atoms with Gasteiger partial charge in [-0.25, -0.2) is 8.42 Å². The molecule has 0 amide bonds. The van der Waals surface area contributed by atoms with Crippen LogP contribution < -0.4 is 4.74 Å². The van der Waals surface area contributed by atoms with Crippen LogP contribution in [0.25, 0.3) is 0 Å². The Balaban J connectivity index is 2.65. The number of hydrogen-bond acceptors (Lipinski definition) is 3. The molecule has 0 N–H and O–H groups in total. The lowest BCUT2D eigenvalue weighted by Crippen LogP contribution is -2.19. The first kappa shape index (κ1) is 15.3. The first-order valence-electron chi connectivity index (χ1n) is 5.94. The molecule has 0 aliphatic rings. The van der Waals surface area contributed by atoms with E-state index in [1.54, 1.807) is 0 Å². The second kappa shape index (κ2) is 6.43. The number of aryl methyl sites for hydroxylation is 2. The molecular weight excluding hydrogens is 272 g/mol. The molecular formula is C13H19ClO3S. The Hall–Kier alpha value is -0.740. The molecule has 0 aromatic heterocycles. The van der Waals surface area contributed by atoms with Gasteiger partial charge < -0.3 is 4.74 Å². The van der Waals surface area contributed by atoms with Crippen LogP contribution in [0.5, 0.6) is 5.75 Å². The first-order valence-corrected chi connectivity index (χ1v) is 8.42. The third-order valence-electron chi connectivity index (χ3n) is 2.83. The summed E-state index contributed by atoms with van der Waals surface area (Å²) < 4.78 is 27.8. The molecule has 0 radical (unpaired) electrons. The molecule has 1 aromatic rings. The lowest BCUT2D eigenvalue weighted by molar-refractivity contribution is 0.256. The van der Waals surface area contributed by atoms with Crippen LogP contribution in [0.4, 0.5) is 0 Å². The second-order valence-electron chi connectivity index (χ2n) is 4.56. The molecule has 0 fully saturated rings. The summed E-state index contributed by atoms with van der Waals surface area (Å²) in [5, 5.41) is 0. The summed E-state index contributed by atoms with van der Waals surface area (Å²) in [5.74, 6) is 0.684.